The van der Waals surface area contributed by atoms with Crippen molar-refractivity contribution in [2.75, 3.05) is 20.1 Å². The van der Waals surface area contributed by atoms with Crippen molar-refractivity contribution < 1.29 is 0 Å². The number of aromatic amines is 1. The van der Waals surface area contributed by atoms with Crippen LogP contribution in [0.2, 0.25) is 0 Å². The van der Waals surface area contributed by atoms with Crippen molar-refractivity contribution in [1.29, 1.82) is 0 Å². The van der Waals surface area contributed by atoms with Gasteiger partial charge in [-0.2, -0.15) is 5.10 Å². The third-order valence-corrected chi connectivity index (χ3v) is 1.70. The van der Waals surface area contributed by atoms with Gasteiger partial charge in [-0.25, -0.2) is 0 Å². The van der Waals surface area contributed by atoms with E-state index >= 15 is 0 Å². The Labute approximate surface area is 72.8 Å². The molecule has 0 atom stereocenters. The first kappa shape index (κ1) is 9.22. The molecule has 3 N–H and O–H groups in total. The maximum absolute atomic E-state index is 5.42. The van der Waals surface area contributed by atoms with Crippen LogP contribution in [0.25, 0.3) is 0 Å². The molecule has 0 saturated carbocycles. The van der Waals surface area contributed by atoms with Gasteiger partial charge < -0.3 is 5.73 Å². The lowest BCUT2D eigenvalue weighted by atomic mass is 10.3. The average molecular weight is 168 g/mol. The molecule has 12 heavy (non-hydrogen) atoms. The second-order valence-electron chi connectivity index (χ2n) is 3.07. The fourth-order valence-corrected chi connectivity index (χ4v) is 1.13. The Hall–Kier alpha value is -0.870. The summed E-state index contributed by atoms with van der Waals surface area (Å²) in [4.78, 5) is 2.15. The Morgan fingerprint density at radius 3 is 2.92 bits per heavy atom. The van der Waals surface area contributed by atoms with Crippen molar-refractivity contribution in [2.45, 2.75) is 13.5 Å². The van der Waals surface area contributed by atoms with Gasteiger partial charge in [0.1, 0.15) is 0 Å². The second-order valence-corrected chi connectivity index (χ2v) is 3.07. The van der Waals surface area contributed by atoms with Crippen LogP contribution in [0.5, 0.6) is 0 Å². The van der Waals surface area contributed by atoms with Crippen LogP contribution in [0.3, 0.4) is 0 Å². The summed E-state index contributed by atoms with van der Waals surface area (Å²) in [5.74, 6) is 0. The van der Waals surface area contributed by atoms with Gasteiger partial charge >= 0.3 is 0 Å². The van der Waals surface area contributed by atoms with E-state index in [1.807, 2.05) is 20.0 Å². The number of hydrogen-bond donors (Lipinski definition) is 2. The molecular weight excluding hydrogens is 152 g/mol. The van der Waals surface area contributed by atoms with Gasteiger partial charge in [-0.05, 0) is 20.0 Å². The third-order valence-electron chi connectivity index (χ3n) is 1.70. The van der Waals surface area contributed by atoms with E-state index in [1.165, 1.54) is 0 Å². The number of aromatic nitrogens is 2. The van der Waals surface area contributed by atoms with Gasteiger partial charge in [-0.3, -0.25) is 10.00 Å². The Kier molecular flexibility index (Phi) is 3.25. The summed E-state index contributed by atoms with van der Waals surface area (Å²) < 4.78 is 0. The highest BCUT2D eigenvalue weighted by Gasteiger charge is 2.01. The van der Waals surface area contributed by atoms with Crippen molar-refractivity contribution >= 4 is 0 Å². The summed E-state index contributed by atoms with van der Waals surface area (Å²) in [7, 11) is 2.04. The van der Waals surface area contributed by atoms with Crippen LogP contribution < -0.4 is 5.73 Å². The van der Waals surface area contributed by atoms with Gasteiger partial charge in [0.2, 0.25) is 0 Å². The number of H-pyrrole nitrogens is 1. The Morgan fingerprint density at radius 2 is 2.42 bits per heavy atom. The molecule has 0 fully saturated rings. The van der Waals surface area contributed by atoms with Crippen LogP contribution in [0, 0.1) is 6.92 Å². The fourth-order valence-electron chi connectivity index (χ4n) is 1.13. The first-order valence-corrected chi connectivity index (χ1v) is 4.12. The van der Waals surface area contributed by atoms with E-state index in [0.29, 0.717) is 6.54 Å². The number of nitrogens with zero attached hydrogens (tertiary/aromatic N) is 2. The lowest BCUT2D eigenvalue weighted by Gasteiger charge is -2.12. The monoisotopic (exact) mass is 168 g/mol. The molecule has 0 unspecified atom stereocenters. The number of nitrogens with one attached hydrogen (secondary N) is 1. The topological polar surface area (TPSA) is 57.9 Å². The van der Waals surface area contributed by atoms with E-state index < -0.39 is 0 Å². The normalized spacial score (nSPS) is 11.0. The maximum Gasteiger partial charge on any atom is 0.0764 e. The molecular formula is C8H16N4. The van der Waals surface area contributed by atoms with Crippen LogP contribution in [-0.4, -0.2) is 35.2 Å². The van der Waals surface area contributed by atoms with Gasteiger partial charge in [0.15, 0.2) is 0 Å². The highest BCUT2D eigenvalue weighted by Crippen LogP contribution is 2.00. The summed E-state index contributed by atoms with van der Waals surface area (Å²) in [6.45, 7) is 4.47. The molecule has 1 aromatic rings. The first-order valence-electron chi connectivity index (χ1n) is 4.12. The standard InChI is InChI=1S/C8H16N4/c1-7-5-8(11-10-7)6-12(2)4-3-9/h5H,3-4,6,9H2,1-2H3,(H,10,11). The number of aryl methyl sites for hydroxylation is 1. The van der Waals surface area contributed by atoms with E-state index in [-0.39, 0.29) is 0 Å². The van der Waals surface area contributed by atoms with Crippen molar-refractivity contribution in [3.8, 4) is 0 Å². The number of nitrogens with two attached hydrogens (primary N) is 1. The molecule has 1 heterocycles. The van der Waals surface area contributed by atoms with E-state index in [0.717, 1.165) is 24.5 Å². The first-order chi connectivity index (χ1) is 5.72. The highest BCUT2D eigenvalue weighted by atomic mass is 15.2. The largest absolute Gasteiger partial charge is 0.329 e. The number of rotatable bonds is 4. The van der Waals surface area contributed by atoms with Gasteiger partial charge in [0.25, 0.3) is 0 Å². The minimum atomic E-state index is 0.694. The summed E-state index contributed by atoms with van der Waals surface area (Å²) in [5.41, 5.74) is 7.59. The average Bonchev–Trinajstić information content (AvgIpc) is 2.36. The third kappa shape index (κ3) is 2.64. The molecule has 0 spiro atoms. The van der Waals surface area contributed by atoms with E-state index in [4.69, 9.17) is 5.73 Å². The molecule has 1 aromatic heterocycles. The fraction of sp³-hybridized carbons (Fsp3) is 0.625. The summed E-state index contributed by atoms with van der Waals surface area (Å²) in [5, 5.41) is 7.04. The molecule has 0 aliphatic heterocycles. The van der Waals surface area contributed by atoms with Crippen LogP contribution in [0.4, 0.5) is 0 Å². The molecule has 0 aromatic carbocycles. The molecule has 4 heteroatoms. The molecule has 1 rings (SSSR count). The Bertz CT molecular complexity index is 231. The molecule has 0 aliphatic rings. The number of likely N-dealkylation sites (N-methyl/N-ethyl adjacent to an activating group) is 1. The highest BCUT2D eigenvalue weighted by molar-refractivity contribution is 5.06. The maximum atomic E-state index is 5.42. The van der Waals surface area contributed by atoms with Gasteiger partial charge in [-0.15, -0.1) is 0 Å². The predicted molar refractivity (Wildman–Crippen MR) is 48.7 cm³/mol. The van der Waals surface area contributed by atoms with Gasteiger partial charge in [0, 0.05) is 25.3 Å². The van der Waals surface area contributed by atoms with E-state index in [9.17, 15) is 0 Å². The zero-order chi connectivity index (χ0) is 8.97. The summed E-state index contributed by atoms with van der Waals surface area (Å²) in [6.07, 6.45) is 0. The van der Waals surface area contributed by atoms with Crippen LogP contribution in [0.15, 0.2) is 6.07 Å². The lowest BCUT2D eigenvalue weighted by molar-refractivity contribution is 0.332. The minimum Gasteiger partial charge on any atom is -0.329 e. The van der Waals surface area contributed by atoms with Crippen LogP contribution in [0.1, 0.15) is 11.4 Å². The zero-order valence-corrected chi connectivity index (χ0v) is 7.67. The number of hydrogen-bond acceptors (Lipinski definition) is 3. The van der Waals surface area contributed by atoms with Crippen LogP contribution >= 0.6 is 0 Å². The molecule has 0 bridgehead atoms. The van der Waals surface area contributed by atoms with Gasteiger partial charge in [0.05, 0.1) is 5.69 Å². The van der Waals surface area contributed by atoms with Crippen molar-refractivity contribution in [1.82, 2.24) is 15.1 Å². The Balaban J connectivity index is 2.41. The molecule has 0 amide bonds. The molecule has 0 saturated heterocycles. The molecule has 0 aliphatic carbocycles. The summed E-state index contributed by atoms with van der Waals surface area (Å²) in [6, 6.07) is 2.05. The van der Waals surface area contributed by atoms with Crippen molar-refractivity contribution in [3.05, 3.63) is 17.5 Å². The van der Waals surface area contributed by atoms with Crippen LogP contribution in [-0.2, 0) is 6.54 Å². The smallest absolute Gasteiger partial charge is 0.0764 e. The summed E-state index contributed by atoms with van der Waals surface area (Å²) >= 11 is 0. The quantitative estimate of drug-likeness (QED) is 0.671. The zero-order valence-electron chi connectivity index (χ0n) is 7.67. The minimum absolute atomic E-state index is 0.694. The molecule has 68 valence electrons. The molecule has 0 radical (unpaired) electrons. The van der Waals surface area contributed by atoms with Crippen molar-refractivity contribution in [3.63, 3.8) is 0 Å². The predicted octanol–water partition coefficient (Wildman–Crippen LogP) is 0.109. The van der Waals surface area contributed by atoms with Gasteiger partial charge in [-0.1, -0.05) is 0 Å². The Morgan fingerprint density at radius 1 is 1.67 bits per heavy atom. The molecule has 4 nitrogen and oxygen atoms in total. The second kappa shape index (κ2) is 4.23. The SMILES string of the molecule is Cc1cc(CN(C)CCN)n[nH]1. The lowest BCUT2D eigenvalue weighted by Crippen LogP contribution is -2.25. The van der Waals surface area contributed by atoms with E-state index in [1.54, 1.807) is 0 Å². The van der Waals surface area contributed by atoms with E-state index in [2.05, 4.69) is 15.1 Å². The van der Waals surface area contributed by atoms with Crippen molar-refractivity contribution in [2.24, 2.45) is 5.73 Å².